The fraction of sp³-hybridized carbons (Fsp3) is 0.364. The number of aliphatic carboxylic acids is 1. The third-order valence-electron chi connectivity index (χ3n) is 5.20. The van der Waals surface area contributed by atoms with Crippen molar-refractivity contribution in [1.82, 2.24) is 15.0 Å². The minimum absolute atomic E-state index is 0. The van der Waals surface area contributed by atoms with Crippen LogP contribution in [0.15, 0.2) is 36.5 Å². The van der Waals surface area contributed by atoms with Gasteiger partial charge < -0.3 is 15.3 Å². The summed E-state index contributed by atoms with van der Waals surface area (Å²) in [5, 5.41) is 13.2. The Morgan fingerprint density at radius 3 is 2.59 bits per heavy atom. The number of hydrogen-bond donors (Lipinski definition) is 2. The van der Waals surface area contributed by atoms with E-state index in [-0.39, 0.29) is 37.2 Å². The lowest BCUT2D eigenvalue weighted by Gasteiger charge is -2.30. The standard InChI is InChI=1S/C22H25N5O2S.2ClH/c1-14-10-15(2)24-20(11-14)26-19-5-3-4-17(25-19)18-13-23-22(30-18)27-8-6-16(7-9-27)12-21(28)29;;/h3-5,10-11,13,16H,6-9,12H2,1-2H3,(H,28,29)(H,24,25,26);2*1H. The van der Waals surface area contributed by atoms with E-state index in [1.54, 1.807) is 11.3 Å². The lowest BCUT2D eigenvalue weighted by Crippen LogP contribution is -2.34. The number of nitrogens with one attached hydrogen (secondary N) is 1. The van der Waals surface area contributed by atoms with Gasteiger partial charge in [0.05, 0.1) is 10.6 Å². The first-order chi connectivity index (χ1) is 14.5. The van der Waals surface area contributed by atoms with Gasteiger partial charge in [0, 0.05) is 31.4 Å². The van der Waals surface area contributed by atoms with E-state index in [1.165, 1.54) is 0 Å². The molecule has 7 nitrogen and oxygen atoms in total. The molecule has 1 aliphatic heterocycles. The summed E-state index contributed by atoms with van der Waals surface area (Å²) < 4.78 is 0. The van der Waals surface area contributed by atoms with Crippen LogP contribution in [0.2, 0.25) is 0 Å². The van der Waals surface area contributed by atoms with E-state index in [4.69, 9.17) is 10.1 Å². The molecular formula is C22H27Cl2N5O2S. The molecule has 2 N–H and O–H groups in total. The number of aromatic nitrogens is 3. The Morgan fingerprint density at radius 2 is 1.91 bits per heavy atom. The molecule has 0 amide bonds. The first-order valence-corrected chi connectivity index (χ1v) is 10.9. The van der Waals surface area contributed by atoms with Crippen molar-refractivity contribution in [3.05, 3.63) is 47.8 Å². The normalized spacial score (nSPS) is 13.8. The van der Waals surface area contributed by atoms with Gasteiger partial charge >= 0.3 is 5.97 Å². The molecule has 32 heavy (non-hydrogen) atoms. The molecule has 1 fully saturated rings. The topological polar surface area (TPSA) is 91.2 Å². The summed E-state index contributed by atoms with van der Waals surface area (Å²) in [6, 6.07) is 9.93. The van der Waals surface area contributed by atoms with Crippen molar-refractivity contribution in [2.24, 2.45) is 5.92 Å². The summed E-state index contributed by atoms with van der Waals surface area (Å²) in [7, 11) is 0. The molecule has 1 aliphatic rings. The molecule has 0 bridgehead atoms. The summed E-state index contributed by atoms with van der Waals surface area (Å²) in [5.74, 6) is 1.09. The zero-order valence-corrected chi connectivity index (χ0v) is 20.4. The number of thiazole rings is 1. The van der Waals surface area contributed by atoms with E-state index in [0.29, 0.717) is 0 Å². The largest absolute Gasteiger partial charge is 0.481 e. The van der Waals surface area contributed by atoms with Gasteiger partial charge in [0.2, 0.25) is 0 Å². The number of anilines is 3. The van der Waals surface area contributed by atoms with Gasteiger partial charge in [0.1, 0.15) is 11.6 Å². The van der Waals surface area contributed by atoms with Crippen LogP contribution < -0.4 is 10.2 Å². The van der Waals surface area contributed by atoms with Crippen molar-refractivity contribution in [3.8, 4) is 10.6 Å². The van der Waals surface area contributed by atoms with Gasteiger partial charge in [-0.2, -0.15) is 0 Å². The molecule has 0 atom stereocenters. The monoisotopic (exact) mass is 495 g/mol. The maximum Gasteiger partial charge on any atom is 0.303 e. The maximum absolute atomic E-state index is 10.9. The first-order valence-electron chi connectivity index (χ1n) is 10.1. The molecule has 0 aromatic carbocycles. The van der Waals surface area contributed by atoms with Crippen LogP contribution in [0.3, 0.4) is 0 Å². The van der Waals surface area contributed by atoms with Crippen molar-refractivity contribution in [2.75, 3.05) is 23.3 Å². The van der Waals surface area contributed by atoms with Gasteiger partial charge in [-0.25, -0.2) is 15.0 Å². The third kappa shape index (κ3) is 6.54. The number of carboxylic acid groups (broad SMARTS) is 1. The van der Waals surface area contributed by atoms with Crippen LogP contribution in [0.5, 0.6) is 0 Å². The molecule has 3 aromatic heterocycles. The Bertz CT molecular complexity index is 1030. The predicted octanol–water partition coefficient (Wildman–Crippen LogP) is 5.50. The number of halogens is 2. The highest BCUT2D eigenvalue weighted by Gasteiger charge is 2.23. The zero-order chi connectivity index (χ0) is 21.1. The molecule has 0 saturated carbocycles. The quantitative estimate of drug-likeness (QED) is 0.466. The van der Waals surface area contributed by atoms with E-state index >= 15 is 0 Å². The number of nitrogens with zero attached hydrogens (tertiary/aromatic N) is 4. The smallest absolute Gasteiger partial charge is 0.303 e. The Hall–Kier alpha value is -2.42. The number of carboxylic acids is 1. The summed E-state index contributed by atoms with van der Waals surface area (Å²) in [5.41, 5.74) is 2.99. The van der Waals surface area contributed by atoms with E-state index in [1.807, 2.05) is 50.4 Å². The number of aryl methyl sites for hydroxylation is 2. The highest BCUT2D eigenvalue weighted by molar-refractivity contribution is 7.18. The van der Waals surface area contributed by atoms with E-state index < -0.39 is 5.97 Å². The molecule has 0 aliphatic carbocycles. The minimum atomic E-state index is -0.708. The molecule has 0 unspecified atom stereocenters. The van der Waals surface area contributed by atoms with Crippen molar-refractivity contribution in [2.45, 2.75) is 33.1 Å². The van der Waals surface area contributed by atoms with Crippen molar-refractivity contribution < 1.29 is 9.90 Å². The SMILES string of the molecule is Cc1cc(C)nc(Nc2cccc(-c3cnc(N4CCC(CC(=O)O)CC4)s3)n2)c1.Cl.Cl. The van der Waals surface area contributed by atoms with E-state index in [2.05, 4.69) is 20.2 Å². The molecule has 3 aromatic rings. The summed E-state index contributed by atoms with van der Waals surface area (Å²) in [4.78, 5) is 28.0. The second-order valence-corrected chi connectivity index (χ2v) is 8.75. The van der Waals surface area contributed by atoms with Gasteiger partial charge in [0.25, 0.3) is 0 Å². The Balaban J connectivity index is 0.00000181. The van der Waals surface area contributed by atoms with Crippen LogP contribution in [0, 0.1) is 19.8 Å². The molecule has 4 heterocycles. The highest BCUT2D eigenvalue weighted by atomic mass is 35.5. The average Bonchev–Trinajstić information content (AvgIpc) is 3.18. The van der Waals surface area contributed by atoms with Crippen molar-refractivity contribution in [1.29, 1.82) is 0 Å². The summed E-state index contributed by atoms with van der Waals surface area (Å²) >= 11 is 1.62. The van der Waals surface area contributed by atoms with Gasteiger partial charge in [0.15, 0.2) is 5.13 Å². The minimum Gasteiger partial charge on any atom is -0.481 e. The second kappa shape index (κ2) is 11.4. The summed E-state index contributed by atoms with van der Waals surface area (Å²) in [6.07, 6.45) is 3.91. The van der Waals surface area contributed by atoms with Crippen LogP contribution in [0.4, 0.5) is 16.8 Å². The van der Waals surface area contributed by atoms with Crippen LogP contribution in [-0.4, -0.2) is 39.1 Å². The van der Waals surface area contributed by atoms with Gasteiger partial charge in [-0.05, 0) is 62.4 Å². The number of hydrogen-bond acceptors (Lipinski definition) is 7. The lowest BCUT2D eigenvalue weighted by molar-refractivity contribution is -0.138. The fourth-order valence-electron chi connectivity index (χ4n) is 3.78. The Morgan fingerprint density at radius 1 is 1.16 bits per heavy atom. The third-order valence-corrected chi connectivity index (χ3v) is 6.28. The van der Waals surface area contributed by atoms with E-state index in [9.17, 15) is 4.79 Å². The fourth-order valence-corrected chi connectivity index (χ4v) is 4.72. The molecule has 172 valence electrons. The molecule has 0 radical (unpaired) electrons. The van der Waals surface area contributed by atoms with Crippen LogP contribution >= 0.6 is 36.2 Å². The number of rotatable bonds is 6. The van der Waals surface area contributed by atoms with Crippen LogP contribution in [0.1, 0.15) is 30.5 Å². The van der Waals surface area contributed by atoms with Crippen LogP contribution in [0.25, 0.3) is 10.6 Å². The number of pyridine rings is 2. The summed E-state index contributed by atoms with van der Waals surface area (Å²) in [6.45, 7) is 5.72. The zero-order valence-electron chi connectivity index (χ0n) is 17.9. The molecule has 1 saturated heterocycles. The second-order valence-electron chi connectivity index (χ2n) is 7.74. The molecule has 4 rings (SSSR count). The van der Waals surface area contributed by atoms with Crippen molar-refractivity contribution >= 4 is 58.9 Å². The Kier molecular flexibility index (Phi) is 9.24. The number of piperidine rings is 1. The van der Waals surface area contributed by atoms with Gasteiger partial charge in [-0.1, -0.05) is 17.4 Å². The first kappa shape index (κ1) is 25.8. The molecule has 0 spiro atoms. The maximum atomic E-state index is 10.9. The van der Waals surface area contributed by atoms with Gasteiger partial charge in [-0.3, -0.25) is 4.79 Å². The number of carbonyl (C=O) groups is 1. The lowest BCUT2D eigenvalue weighted by atomic mass is 9.94. The van der Waals surface area contributed by atoms with Gasteiger partial charge in [-0.15, -0.1) is 24.8 Å². The average molecular weight is 496 g/mol. The molecular weight excluding hydrogens is 469 g/mol. The predicted molar refractivity (Wildman–Crippen MR) is 134 cm³/mol. The highest BCUT2D eigenvalue weighted by Crippen LogP contribution is 2.33. The molecule has 10 heteroatoms. The van der Waals surface area contributed by atoms with E-state index in [0.717, 1.165) is 64.5 Å². The van der Waals surface area contributed by atoms with Crippen LogP contribution in [-0.2, 0) is 4.79 Å². The Labute approximate surface area is 204 Å². The van der Waals surface area contributed by atoms with Crippen molar-refractivity contribution in [3.63, 3.8) is 0 Å².